The average molecular weight is 203 g/mol. The van der Waals surface area contributed by atoms with Crippen LogP contribution >= 0.6 is 0 Å². The predicted octanol–water partition coefficient (Wildman–Crippen LogP) is 1.71. The lowest BCUT2D eigenvalue weighted by atomic mass is 10.1. The first-order valence-corrected chi connectivity index (χ1v) is 4.44. The van der Waals surface area contributed by atoms with Gasteiger partial charge in [-0.05, 0) is 30.7 Å². The second-order valence-electron chi connectivity index (χ2n) is 3.20. The maximum atomic E-state index is 11.2. The van der Waals surface area contributed by atoms with Crippen LogP contribution in [0.25, 0.3) is 6.08 Å². The van der Waals surface area contributed by atoms with Gasteiger partial charge in [0, 0.05) is 0 Å². The Morgan fingerprint density at radius 3 is 2.53 bits per heavy atom. The minimum atomic E-state index is -0.444. The van der Waals surface area contributed by atoms with Gasteiger partial charge in [0.05, 0.1) is 11.3 Å². The molecule has 0 aliphatic carbocycles. The van der Waals surface area contributed by atoms with Gasteiger partial charge in [-0.15, -0.1) is 0 Å². The number of phenols is 1. The van der Waals surface area contributed by atoms with Crippen LogP contribution in [0.1, 0.15) is 12.5 Å². The molecule has 2 rings (SSSR count). The van der Waals surface area contributed by atoms with Crippen LogP contribution < -0.4 is 0 Å². The van der Waals surface area contributed by atoms with E-state index in [9.17, 15) is 4.79 Å². The summed E-state index contributed by atoms with van der Waals surface area (Å²) in [5.74, 6) is -0.253. The predicted molar refractivity (Wildman–Crippen MR) is 55.3 cm³/mol. The van der Waals surface area contributed by atoms with Gasteiger partial charge in [-0.2, -0.15) is 0 Å². The Kier molecular flexibility index (Phi) is 2.25. The molecule has 1 aromatic rings. The van der Waals surface area contributed by atoms with Gasteiger partial charge in [0.1, 0.15) is 5.75 Å². The highest BCUT2D eigenvalue weighted by molar-refractivity contribution is 6.24. The van der Waals surface area contributed by atoms with E-state index in [2.05, 4.69) is 9.99 Å². The fourth-order valence-corrected chi connectivity index (χ4v) is 1.26. The van der Waals surface area contributed by atoms with Crippen LogP contribution in [0, 0.1) is 0 Å². The molecule has 0 saturated carbocycles. The smallest absolute Gasteiger partial charge is 0.367 e. The standard InChI is InChI=1S/C11H9NO3/c1-7-10(11(14)15-12-7)6-8-2-4-9(13)5-3-8/h2-6,13H,1H3/b10-6-. The van der Waals surface area contributed by atoms with Crippen molar-refractivity contribution < 1.29 is 14.7 Å². The molecule has 0 unspecified atom stereocenters. The molecule has 0 amide bonds. The van der Waals surface area contributed by atoms with Crippen molar-refractivity contribution in [1.29, 1.82) is 0 Å². The third kappa shape index (κ3) is 1.88. The maximum Gasteiger partial charge on any atom is 0.367 e. The van der Waals surface area contributed by atoms with Gasteiger partial charge in [0.2, 0.25) is 0 Å². The summed E-state index contributed by atoms with van der Waals surface area (Å²) < 4.78 is 0. The topological polar surface area (TPSA) is 58.9 Å². The molecule has 1 aromatic carbocycles. The average Bonchev–Trinajstić information content (AvgIpc) is 2.53. The minimum Gasteiger partial charge on any atom is -0.508 e. The first-order chi connectivity index (χ1) is 7.16. The summed E-state index contributed by atoms with van der Waals surface area (Å²) in [6, 6.07) is 6.53. The molecule has 76 valence electrons. The highest BCUT2D eigenvalue weighted by Crippen LogP contribution is 2.17. The Bertz CT molecular complexity index is 457. The van der Waals surface area contributed by atoms with Crippen LogP contribution in [0.15, 0.2) is 35.0 Å². The SMILES string of the molecule is CC1=NOC(=O)/C1=C\c1ccc(O)cc1. The van der Waals surface area contributed by atoms with E-state index in [0.717, 1.165) is 5.56 Å². The van der Waals surface area contributed by atoms with E-state index in [1.165, 1.54) is 0 Å². The van der Waals surface area contributed by atoms with Crippen LogP contribution in [-0.2, 0) is 9.63 Å². The van der Waals surface area contributed by atoms with E-state index in [1.54, 1.807) is 37.3 Å². The molecule has 0 bridgehead atoms. The van der Waals surface area contributed by atoms with Crippen LogP contribution in [0.5, 0.6) is 5.75 Å². The van der Waals surface area contributed by atoms with E-state index in [4.69, 9.17) is 5.11 Å². The maximum absolute atomic E-state index is 11.2. The highest BCUT2D eigenvalue weighted by Gasteiger charge is 2.21. The molecule has 0 aromatic heterocycles. The quantitative estimate of drug-likeness (QED) is 0.558. The Hall–Kier alpha value is -2.10. The summed E-state index contributed by atoms with van der Waals surface area (Å²) in [6.45, 7) is 1.71. The number of carbonyl (C=O) groups excluding carboxylic acids is 1. The Morgan fingerprint density at radius 1 is 1.33 bits per heavy atom. The van der Waals surface area contributed by atoms with E-state index in [1.807, 2.05) is 0 Å². The lowest BCUT2D eigenvalue weighted by Gasteiger charge is -1.96. The third-order valence-electron chi connectivity index (χ3n) is 2.08. The summed E-state index contributed by atoms with van der Waals surface area (Å²) in [5, 5.41) is 12.6. The number of carbonyl (C=O) groups is 1. The van der Waals surface area contributed by atoms with Crippen molar-refractivity contribution in [3.8, 4) is 5.75 Å². The number of hydrogen-bond acceptors (Lipinski definition) is 4. The van der Waals surface area contributed by atoms with Crippen molar-refractivity contribution in [2.45, 2.75) is 6.92 Å². The summed E-state index contributed by atoms with van der Waals surface area (Å²) >= 11 is 0. The molecule has 1 aliphatic heterocycles. The third-order valence-corrected chi connectivity index (χ3v) is 2.08. The van der Waals surface area contributed by atoms with Gasteiger partial charge >= 0.3 is 5.97 Å². The Morgan fingerprint density at radius 2 is 2.00 bits per heavy atom. The van der Waals surface area contributed by atoms with Crippen molar-refractivity contribution >= 4 is 17.8 Å². The van der Waals surface area contributed by atoms with Gasteiger partial charge in [-0.25, -0.2) is 4.79 Å². The zero-order valence-electron chi connectivity index (χ0n) is 8.10. The van der Waals surface area contributed by atoms with Crippen LogP contribution in [0.2, 0.25) is 0 Å². The number of benzene rings is 1. The zero-order chi connectivity index (χ0) is 10.8. The number of nitrogens with zero attached hydrogens (tertiary/aromatic N) is 1. The molecule has 0 radical (unpaired) electrons. The highest BCUT2D eigenvalue weighted by atomic mass is 16.7. The molecule has 1 aliphatic rings. The zero-order valence-corrected chi connectivity index (χ0v) is 8.10. The van der Waals surface area contributed by atoms with Crippen molar-refractivity contribution in [2.75, 3.05) is 0 Å². The summed E-state index contributed by atoms with van der Waals surface area (Å²) in [6.07, 6.45) is 1.67. The van der Waals surface area contributed by atoms with Gasteiger partial charge in [0.15, 0.2) is 0 Å². The number of rotatable bonds is 1. The lowest BCUT2D eigenvalue weighted by Crippen LogP contribution is -2.01. The first kappa shape index (κ1) is 9.45. The fourth-order valence-electron chi connectivity index (χ4n) is 1.26. The monoisotopic (exact) mass is 203 g/mol. The van der Waals surface area contributed by atoms with Crippen LogP contribution in [-0.4, -0.2) is 16.8 Å². The van der Waals surface area contributed by atoms with E-state index in [0.29, 0.717) is 11.3 Å². The molecular weight excluding hydrogens is 194 g/mol. The van der Waals surface area contributed by atoms with Gasteiger partial charge in [-0.1, -0.05) is 17.3 Å². The second kappa shape index (κ2) is 3.57. The van der Waals surface area contributed by atoms with Gasteiger partial charge in [-0.3, -0.25) is 0 Å². The van der Waals surface area contributed by atoms with E-state index in [-0.39, 0.29) is 5.75 Å². The van der Waals surface area contributed by atoms with Crippen LogP contribution in [0.4, 0.5) is 0 Å². The number of aromatic hydroxyl groups is 1. The Labute approximate surface area is 86.5 Å². The largest absolute Gasteiger partial charge is 0.508 e. The van der Waals surface area contributed by atoms with Crippen molar-refractivity contribution in [3.05, 3.63) is 35.4 Å². The van der Waals surface area contributed by atoms with Crippen LogP contribution in [0.3, 0.4) is 0 Å². The van der Waals surface area contributed by atoms with E-state index >= 15 is 0 Å². The Balaban J connectivity index is 2.34. The van der Waals surface area contributed by atoms with E-state index < -0.39 is 5.97 Å². The molecule has 4 nitrogen and oxygen atoms in total. The molecule has 0 atom stereocenters. The molecule has 4 heteroatoms. The van der Waals surface area contributed by atoms with Gasteiger partial charge < -0.3 is 9.94 Å². The normalized spacial score (nSPS) is 17.8. The summed E-state index contributed by atoms with van der Waals surface area (Å²) in [4.78, 5) is 15.7. The lowest BCUT2D eigenvalue weighted by molar-refractivity contribution is -0.136. The van der Waals surface area contributed by atoms with Crippen molar-refractivity contribution in [2.24, 2.45) is 5.16 Å². The van der Waals surface area contributed by atoms with Crippen molar-refractivity contribution in [3.63, 3.8) is 0 Å². The second-order valence-corrected chi connectivity index (χ2v) is 3.20. The number of phenolic OH excluding ortho intramolecular Hbond substituents is 1. The minimum absolute atomic E-state index is 0.191. The number of hydrogen-bond donors (Lipinski definition) is 1. The fraction of sp³-hybridized carbons (Fsp3) is 0.0909. The molecule has 0 fully saturated rings. The molecule has 1 heterocycles. The summed E-state index contributed by atoms with van der Waals surface area (Å²) in [7, 11) is 0. The molecular formula is C11H9NO3. The molecule has 0 spiro atoms. The summed E-state index contributed by atoms with van der Waals surface area (Å²) in [5.41, 5.74) is 1.82. The van der Waals surface area contributed by atoms with Crippen molar-refractivity contribution in [1.82, 2.24) is 0 Å². The molecule has 0 saturated heterocycles. The first-order valence-electron chi connectivity index (χ1n) is 4.44. The van der Waals surface area contributed by atoms with Gasteiger partial charge in [0.25, 0.3) is 0 Å². The number of oxime groups is 1. The molecule has 15 heavy (non-hydrogen) atoms. The molecule has 1 N–H and O–H groups in total.